The standard InChI is InChI=1S/C15H21N5O/c21-10-11-4-8-19(9-11)15-12-1-5-16-6-2-13(12)18-14-3-7-17-20(14)15/h3,7,11,16,21H,1-2,4-6,8-10H2. The smallest absolute Gasteiger partial charge is 0.157 e. The molecule has 2 N–H and O–H groups in total. The molecule has 2 aliphatic rings. The van der Waals surface area contributed by atoms with Crippen LogP contribution in [0.3, 0.4) is 0 Å². The molecule has 1 saturated heterocycles. The molecule has 112 valence electrons. The highest BCUT2D eigenvalue weighted by molar-refractivity contribution is 5.58. The lowest BCUT2D eigenvalue weighted by Crippen LogP contribution is -2.26. The molecule has 4 rings (SSSR count). The van der Waals surface area contributed by atoms with Crippen LogP contribution >= 0.6 is 0 Å². The SMILES string of the molecule is OCC1CCN(c2c3c(nc4ccnn24)CCNCC3)C1. The zero-order chi connectivity index (χ0) is 14.2. The van der Waals surface area contributed by atoms with Gasteiger partial charge in [0.05, 0.1) is 11.9 Å². The molecule has 1 fully saturated rings. The quantitative estimate of drug-likeness (QED) is 0.828. The second-order valence-corrected chi connectivity index (χ2v) is 6.00. The second kappa shape index (κ2) is 5.27. The molecule has 2 aliphatic heterocycles. The van der Waals surface area contributed by atoms with Crippen molar-refractivity contribution in [3.8, 4) is 0 Å². The maximum Gasteiger partial charge on any atom is 0.157 e. The highest BCUT2D eigenvalue weighted by Gasteiger charge is 2.28. The summed E-state index contributed by atoms with van der Waals surface area (Å²) >= 11 is 0. The minimum absolute atomic E-state index is 0.271. The zero-order valence-electron chi connectivity index (χ0n) is 12.1. The maximum atomic E-state index is 9.42. The number of fused-ring (bicyclic) bond motifs is 2. The van der Waals surface area contributed by atoms with Crippen LogP contribution in [0, 0.1) is 5.92 Å². The van der Waals surface area contributed by atoms with Crippen LogP contribution in [0.4, 0.5) is 5.82 Å². The number of aromatic nitrogens is 3. The lowest BCUT2D eigenvalue weighted by atomic mass is 10.1. The van der Waals surface area contributed by atoms with Gasteiger partial charge in [-0.05, 0) is 19.4 Å². The third-order valence-corrected chi connectivity index (χ3v) is 4.63. The molecule has 2 aromatic rings. The van der Waals surface area contributed by atoms with Gasteiger partial charge >= 0.3 is 0 Å². The number of hydrogen-bond acceptors (Lipinski definition) is 5. The Morgan fingerprint density at radius 1 is 1.33 bits per heavy atom. The average Bonchev–Trinajstić information content (AvgIpc) is 3.09. The fourth-order valence-electron chi connectivity index (χ4n) is 3.51. The fourth-order valence-corrected chi connectivity index (χ4v) is 3.51. The maximum absolute atomic E-state index is 9.42. The number of anilines is 1. The van der Waals surface area contributed by atoms with E-state index in [1.165, 1.54) is 17.1 Å². The van der Waals surface area contributed by atoms with Crippen LogP contribution in [0.15, 0.2) is 12.3 Å². The van der Waals surface area contributed by atoms with Crippen molar-refractivity contribution in [2.75, 3.05) is 37.7 Å². The summed E-state index contributed by atoms with van der Waals surface area (Å²) in [6.07, 6.45) is 4.84. The van der Waals surface area contributed by atoms with Gasteiger partial charge in [-0.25, -0.2) is 4.98 Å². The van der Waals surface area contributed by atoms with E-state index in [9.17, 15) is 5.11 Å². The van der Waals surface area contributed by atoms with Gasteiger partial charge in [0.15, 0.2) is 5.65 Å². The van der Waals surface area contributed by atoms with Gasteiger partial charge in [-0.2, -0.15) is 9.61 Å². The first-order chi connectivity index (χ1) is 10.4. The minimum atomic E-state index is 0.271. The van der Waals surface area contributed by atoms with Crippen molar-refractivity contribution in [2.24, 2.45) is 5.92 Å². The summed E-state index contributed by atoms with van der Waals surface area (Å²) in [5, 5.41) is 17.3. The van der Waals surface area contributed by atoms with E-state index in [-0.39, 0.29) is 6.61 Å². The van der Waals surface area contributed by atoms with Gasteiger partial charge in [-0.3, -0.25) is 0 Å². The lowest BCUT2D eigenvalue weighted by Gasteiger charge is -2.23. The number of nitrogens with one attached hydrogen (secondary N) is 1. The van der Waals surface area contributed by atoms with Crippen molar-refractivity contribution in [3.05, 3.63) is 23.5 Å². The Morgan fingerprint density at radius 2 is 2.24 bits per heavy atom. The molecule has 6 heteroatoms. The van der Waals surface area contributed by atoms with Gasteiger partial charge in [0, 0.05) is 50.2 Å². The predicted molar refractivity (Wildman–Crippen MR) is 80.7 cm³/mol. The van der Waals surface area contributed by atoms with E-state index < -0.39 is 0 Å². The van der Waals surface area contributed by atoms with Crippen molar-refractivity contribution < 1.29 is 5.11 Å². The molecule has 0 amide bonds. The monoisotopic (exact) mass is 287 g/mol. The third-order valence-electron chi connectivity index (χ3n) is 4.63. The molecule has 0 saturated carbocycles. The summed E-state index contributed by atoms with van der Waals surface area (Å²) in [5.74, 6) is 1.57. The van der Waals surface area contributed by atoms with Crippen LogP contribution in [0.5, 0.6) is 0 Å². The van der Waals surface area contributed by atoms with E-state index >= 15 is 0 Å². The molecule has 2 aromatic heterocycles. The Balaban J connectivity index is 1.85. The van der Waals surface area contributed by atoms with Gasteiger partial charge in [0.1, 0.15) is 5.82 Å². The van der Waals surface area contributed by atoms with Crippen LogP contribution in [-0.2, 0) is 12.8 Å². The van der Waals surface area contributed by atoms with Gasteiger partial charge in [-0.15, -0.1) is 0 Å². The molecule has 0 radical (unpaired) electrons. The number of rotatable bonds is 2. The highest BCUT2D eigenvalue weighted by Crippen LogP contribution is 2.30. The lowest BCUT2D eigenvalue weighted by molar-refractivity contribution is 0.238. The Kier molecular flexibility index (Phi) is 3.27. The molecule has 4 heterocycles. The van der Waals surface area contributed by atoms with Crippen LogP contribution in [-0.4, -0.2) is 52.5 Å². The Hall–Kier alpha value is -1.66. The Labute approximate surface area is 123 Å². The van der Waals surface area contributed by atoms with E-state index in [4.69, 9.17) is 4.98 Å². The van der Waals surface area contributed by atoms with E-state index in [0.29, 0.717) is 5.92 Å². The van der Waals surface area contributed by atoms with Crippen molar-refractivity contribution in [3.63, 3.8) is 0 Å². The second-order valence-electron chi connectivity index (χ2n) is 6.00. The zero-order valence-corrected chi connectivity index (χ0v) is 12.1. The van der Waals surface area contributed by atoms with Gasteiger partial charge in [0.2, 0.25) is 0 Å². The molecule has 0 aromatic carbocycles. The molecular weight excluding hydrogens is 266 g/mol. The summed E-state index contributed by atoms with van der Waals surface area (Å²) in [5.41, 5.74) is 3.46. The van der Waals surface area contributed by atoms with Crippen molar-refractivity contribution in [1.29, 1.82) is 0 Å². The van der Waals surface area contributed by atoms with E-state index in [2.05, 4.69) is 15.3 Å². The van der Waals surface area contributed by atoms with Crippen LogP contribution in [0.1, 0.15) is 17.7 Å². The van der Waals surface area contributed by atoms with Crippen LogP contribution in [0.2, 0.25) is 0 Å². The first-order valence-electron chi connectivity index (χ1n) is 7.79. The van der Waals surface area contributed by atoms with Crippen LogP contribution in [0.25, 0.3) is 5.65 Å². The molecule has 0 bridgehead atoms. The summed E-state index contributed by atoms with van der Waals surface area (Å²) in [4.78, 5) is 7.17. The van der Waals surface area contributed by atoms with Crippen molar-refractivity contribution >= 4 is 11.5 Å². The minimum Gasteiger partial charge on any atom is -0.396 e. The first-order valence-corrected chi connectivity index (χ1v) is 7.79. The molecular formula is C15H21N5O. The summed E-state index contributed by atoms with van der Waals surface area (Å²) in [7, 11) is 0. The summed E-state index contributed by atoms with van der Waals surface area (Å²) in [6, 6.07) is 1.97. The molecule has 1 unspecified atom stereocenters. The largest absolute Gasteiger partial charge is 0.396 e. The van der Waals surface area contributed by atoms with Crippen LogP contribution < -0.4 is 10.2 Å². The van der Waals surface area contributed by atoms with Crippen molar-refractivity contribution in [2.45, 2.75) is 19.3 Å². The summed E-state index contributed by atoms with van der Waals surface area (Å²) < 4.78 is 1.98. The number of nitrogens with zero attached hydrogens (tertiary/aromatic N) is 4. The topological polar surface area (TPSA) is 65.7 Å². The van der Waals surface area contributed by atoms with Crippen molar-refractivity contribution in [1.82, 2.24) is 19.9 Å². The highest BCUT2D eigenvalue weighted by atomic mass is 16.3. The average molecular weight is 287 g/mol. The molecule has 0 aliphatic carbocycles. The molecule has 6 nitrogen and oxygen atoms in total. The van der Waals surface area contributed by atoms with E-state index in [0.717, 1.165) is 51.1 Å². The molecule has 21 heavy (non-hydrogen) atoms. The normalized spacial score (nSPS) is 22.5. The molecule has 1 atom stereocenters. The number of aliphatic hydroxyl groups is 1. The van der Waals surface area contributed by atoms with E-state index in [1.54, 1.807) is 0 Å². The Morgan fingerprint density at radius 3 is 3.10 bits per heavy atom. The van der Waals surface area contributed by atoms with E-state index in [1.807, 2.05) is 16.8 Å². The molecule has 0 spiro atoms. The Bertz CT molecular complexity index is 653. The summed E-state index contributed by atoms with van der Waals surface area (Å²) in [6.45, 7) is 4.15. The number of hydrogen-bond donors (Lipinski definition) is 2. The fraction of sp³-hybridized carbons (Fsp3) is 0.600. The van der Waals surface area contributed by atoms with Gasteiger partial charge in [-0.1, -0.05) is 0 Å². The van der Waals surface area contributed by atoms with Gasteiger partial charge < -0.3 is 15.3 Å². The number of aliphatic hydroxyl groups excluding tert-OH is 1. The predicted octanol–water partition coefficient (Wildman–Crippen LogP) is 0.236. The van der Waals surface area contributed by atoms with Gasteiger partial charge in [0.25, 0.3) is 0 Å². The first kappa shape index (κ1) is 13.0. The third kappa shape index (κ3) is 2.18.